The van der Waals surface area contributed by atoms with Crippen LogP contribution in [0.5, 0.6) is 0 Å². The topological polar surface area (TPSA) is 43.8 Å². The van der Waals surface area contributed by atoms with Gasteiger partial charge in [-0.15, -0.1) is 0 Å². The van der Waals surface area contributed by atoms with Crippen LogP contribution in [0.25, 0.3) is 0 Å². The lowest BCUT2D eigenvalue weighted by Crippen LogP contribution is -2.46. The first-order chi connectivity index (χ1) is 10.2. The van der Waals surface area contributed by atoms with Crippen molar-refractivity contribution in [3.05, 3.63) is 18.0 Å². The molecule has 1 heterocycles. The minimum absolute atomic E-state index is 0.0143. The van der Waals surface area contributed by atoms with Gasteiger partial charge in [0.25, 0.3) is 0 Å². The van der Waals surface area contributed by atoms with E-state index in [0.717, 1.165) is 18.3 Å². The van der Waals surface area contributed by atoms with Crippen molar-refractivity contribution < 1.29 is 0 Å². The highest BCUT2D eigenvalue weighted by molar-refractivity contribution is 5.08. The van der Waals surface area contributed by atoms with Crippen molar-refractivity contribution in [3.8, 4) is 0 Å². The zero-order valence-electron chi connectivity index (χ0n) is 13.1. The second kappa shape index (κ2) is 5.42. The van der Waals surface area contributed by atoms with Crippen LogP contribution in [0.2, 0.25) is 0 Å². The normalized spacial score (nSPS) is 34.4. The maximum absolute atomic E-state index is 6.76. The van der Waals surface area contributed by atoms with Gasteiger partial charge in [0.1, 0.15) is 0 Å². The van der Waals surface area contributed by atoms with Gasteiger partial charge in [-0.25, -0.2) is 0 Å². The van der Waals surface area contributed by atoms with E-state index in [-0.39, 0.29) is 5.54 Å². The highest BCUT2D eigenvalue weighted by Gasteiger charge is 2.40. The molecule has 4 rings (SSSR count). The van der Waals surface area contributed by atoms with Crippen molar-refractivity contribution in [1.82, 2.24) is 9.78 Å². The molecule has 3 aliphatic carbocycles. The van der Waals surface area contributed by atoms with Crippen LogP contribution >= 0.6 is 0 Å². The molecule has 3 nitrogen and oxygen atoms in total. The smallest absolute Gasteiger partial charge is 0.0643 e. The van der Waals surface area contributed by atoms with Gasteiger partial charge in [-0.2, -0.15) is 5.10 Å². The summed E-state index contributed by atoms with van der Waals surface area (Å²) in [7, 11) is 0. The fourth-order valence-electron chi connectivity index (χ4n) is 4.78. The van der Waals surface area contributed by atoms with E-state index in [0.29, 0.717) is 6.04 Å². The molecule has 3 heteroatoms. The first-order valence-corrected chi connectivity index (χ1v) is 9.05. The average molecular weight is 287 g/mol. The summed E-state index contributed by atoms with van der Waals surface area (Å²) in [5.74, 6) is 1.91. The third-order valence-electron chi connectivity index (χ3n) is 6.10. The average Bonchev–Trinajstić information content (AvgIpc) is 2.97. The molecule has 3 aliphatic rings. The number of hydrogen-bond donors (Lipinski definition) is 1. The van der Waals surface area contributed by atoms with Crippen LogP contribution in [0.3, 0.4) is 0 Å². The molecule has 0 saturated heterocycles. The fourth-order valence-corrected chi connectivity index (χ4v) is 4.78. The van der Waals surface area contributed by atoms with E-state index in [2.05, 4.69) is 16.9 Å². The van der Waals surface area contributed by atoms with Crippen molar-refractivity contribution in [1.29, 1.82) is 0 Å². The lowest BCUT2D eigenvalue weighted by Gasteiger charge is -2.38. The SMILES string of the molecule is NC1(Cc2ccn(C3CCCC3)n2)CCCC(C2CC2)C1. The Morgan fingerprint density at radius 1 is 1.10 bits per heavy atom. The second-order valence-corrected chi connectivity index (χ2v) is 7.96. The molecule has 0 amide bonds. The fraction of sp³-hybridized carbons (Fsp3) is 0.833. The summed E-state index contributed by atoms with van der Waals surface area (Å²) in [6.45, 7) is 0. The maximum atomic E-state index is 6.76. The van der Waals surface area contributed by atoms with Gasteiger partial charge in [0, 0.05) is 18.2 Å². The third kappa shape index (κ3) is 3.03. The van der Waals surface area contributed by atoms with Crippen LogP contribution < -0.4 is 5.73 Å². The molecule has 1 aromatic heterocycles. The van der Waals surface area contributed by atoms with Gasteiger partial charge in [-0.1, -0.05) is 25.7 Å². The molecule has 0 aromatic carbocycles. The molecule has 2 unspecified atom stereocenters. The quantitative estimate of drug-likeness (QED) is 0.914. The number of nitrogens with zero attached hydrogens (tertiary/aromatic N) is 2. The summed E-state index contributed by atoms with van der Waals surface area (Å²) in [5, 5.41) is 4.85. The molecule has 0 spiro atoms. The zero-order chi connectivity index (χ0) is 14.3. The van der Waals surface area contributed by atoms with Crippen LogP contribution in [0.1, 0.15) is 75.9 Å². The molecule has 2 N–H and O–H groups in total. The summed E-state index contributed by atoms with van der Waals surface area (Å²) in [6, 6.07) is 2.87. The Morgan fingerprint density at radius 2 is 1.90 bits per heavy atom. The van der Waals surface area contributed by atoms with Crippen LogP contribution in [0, 0.1) is 11.8 Å². The number of rotatable bonds is 4. The maximum Gasteiger partial charge on any atom is 0.0643 e. The standard InChI is InChI=1S/C18H29N3/c19-18(10-3-4-15(12-18)14-7-8-14)13-16-9-11-21(20-16)17-5-1-2-6-17/h9,11,14-15,17H,1-8,10,12-13,19H2. The first-order valence-electron chi connectivity index (χ1n) is 9.05. The Hall–Kier alpha value is -0.830. The van der Waals surface area contributed by atoms with Crippen LogP contribution in [-0.2, 0) is 6.42 Å². The van der Waals surface area contributed by atoms with E-state index >= 15 is 0 Å². The summed E-state index contributed by atoms with van der Waals surface area (Å²) >= 11 is 0. The van der Waals surface area contributed by atoms with E-state index in [1.807, 2.05) is 0 Å². The third-order valence-corrected chi connectivity index (χ3v) is 6.10. The van der Waals surface area contributed by atoms with Gasteiger partial charge >= 0.3 is 0 Å². The lowest BCUT2D eigenvalue weighted by molar-refractivity contribution is 0.203. The van der Waals surface area contributed by atoms with Gasteiger partial charge < -0.3 is 5.73 Å². The summed E-state index contributed by atoms with van der Waals surface area (Å²) < 4.78 is 2.22. The van der Waals surface area contributed by atoms with E-state index in [4.69, 9.17) is 10.8 Å². The molecule has 0 aliphatic heterocycles. The Balaban J connectivity index is 1.42. The Bertz CT molecular complexity index is 484. The predicted octanol–water partition coefficient (Wildman–Crippen LogP) is 3.84. The van der Waals surface area contributed by atoms with Crippen LogP contribution in [0.4, 0.5) is 0 Å². The minimum Gasteiger partial charge on any atom is -0.325 e. The molecule has 2 atom stereocenters. The second-order valence-electron chi connectivity index (χ2n) is 7.96. The molecular weight excluding hydrogens is 258 g/mol. The molecule has 1 aromatic rings. The van der Waals surface area contributed by atoms with Crippen molar-refractivity contribution in [2.75, 3.05) is 0 Å². The largest absolute Gasteiger partial charge is 0.325 e. The van der Waals surface area contributed by atoms with Gasteiger partial charge in [-0.3, -0.25) is 4.68 Å². The van der Waals surface area contributed by atoms with Crippen molar-refractivity contribution in [2.24, 2.45) is 17.6 Å². The Morgan fingerprint density at radius 3 is 2.67 bits per heavy atom. The molecular formula is C18H29N3. The van der Waals surface area contributed by atoms with Crippen LogP contribution in [0.15, 0.2) is 12.3 Å². The van der Waals surface area contributed by atoms with E-state index in [9.17, 15) is 0 Å². The van der Waals surface area contributed by atoms with Gasteiger partial charge in [-0.05, 0) is 56.4 Å². The molecule has 0 bridgehead atoms. The molecule has 116 valence electrons. The van der Waals surface area contributed by atoms with Crippen LogP contribution in [-0.4, -0.2) is 15.3 Å². The molecule has 3 fully saturated rings. The van der Waals surface area contributed by atoms with E-state index in [1.165, 1.54) is 69.9 Å². The van der Waals surface area contributed by atoms with E-state index < -0.39 is 0 Å². The Kier molecular flexibility index (Phi) is 3.56. The molecule has 21 heavy (non-hydrogen) atoms. The number of aromatic nitrogens is 2. The van der Waals surface area contributed by atoms with Crippen molar-refractivity contribution in [2.45, 2.75) is 82.2 Å². The highest BCUT2D eigenvalue weighted by atomic mass is 15.3. The van der Waals surface area contributed by atoms with E-state index in [1.54, 1.807) is 0 Å². The summed E-state index contributed by atoms with van der Waals surface area (Å²) in [6.07, 6.45) is 16.6. The van der Waals surface area contributed by atoms with Crippen molar-refractivity contribution in [3.63, 3.8) is 0 Å². The predicted molar refractivity (Wildman–Crippen MR) is 85.0 cm³/mol. The molecule has 0 radical (unpaired) electrons. The summed E-state index contributed by atoms with van der Waals surface area (Å²) in [4.78, 5) is 0. The van der Waals surface area contributed by atoms with Gasteiger partial charge in [0.05, 0.1) is 11.7 Å². The molecule has 3 saturated carbocycles. The summed E-state index contributed by atoms with van der Waals surface area (Å²) in [5.41, 5.74) is 8.00. The first kappa shape index (κ1) is 13.8. The number of hydrogen-bond acceptors (Lipinski definition) is 2. The lowest BCUT2D eigenvalue weighted by atomic mass is 9.72. The van der Waals surface area contributed by atoms with Gasteiger partial charge in [0.2, 0.25) is 0 Å². The highest BCUT2D eigenvalue weighted by Crippen LogP contribution is 2.46. The number of nitrogens with two attached hydrogens (primary N) is 1. The van der Waals surface area contributed by atoms with Gasteiger partial charge in [0.15, 0.2) is 0 Å². The minimum atomic E-state index is 0.0143. The Labute approximate surface area is 128 Å². The zero-order valence-corrected chi connectivity index (χ0v) is 13.1. The van der Waals surface area contributed by atoms with Crippen molar-refractivity contribution >= 4 is 0 Å². The monoisotopic (exact) mass is 287 g/mol.